The number of nitriles is 1. The van der Waals surface area contributed by atoms with Gasteiger partial charge < -0.3 is 15.4 Å². The molecule has 0 aromatic heterocycles. The van der Waals surface area contributed by atoms with Gasteiger partial charge in [0.15, 0.2) is 0 Å². The highest BCUT2D eigenvalue weighted by Gasteiger charge is 2.16. The summed E-state index contributed by atoms with van der Waals surface area (Å²) < 4.78 is 4.87. The van der Waals surface area contributed by atoms with Gasteiger partial charge in [0.2, 0.25) is 5.91 Å². The Morgan fingerprint density at radius 1 is 1.67 bits per heavy atom. The predicted octanol–water partition coefficient (Wildman–Crippen LogP) is 0.112. The molecule has 2 N–H and O–H groups in total. The van der Waals surface area contributed by atoms with Gasteiger partial charge in [-0.15, -0.1) is 0 Å². The minimum Gasteiger partial charge on any atom is -0.385 e. The van der Waals surface area contributed by atoms with Gasteiger partial charge in [-0.05, 0) is 12.8 Å². The molecule has 0 spiro atoms. The highest BCUT2D eigenvalue weighted by Crippen LogP contribution is 1.99. The second-order valence-corrected chi connectivity index (χ2v) is 3.41. The molecule has 0 radical (unpaired) electrons. The average Bonchev–Trinajstić information content (AvgIpc) is 2.24. The molecule has 5 heteroatoms. The molecule has 0 saturated carbocycles. The summed E-state index contributed by atoms with van der Waals surface area (Å²) in [4.78, 5) is 13.1. The van der Waals surface area contributed by atoms with Crippen LogP contribution < -0.4 is 5.73 Å². The van der Waals surface area contributed by atoms with Crippen LogP contribution in [0.25, 0.3) is 0 Å². The number of amides is 1. The lowest BCUT2D eigenvalue weighted by Gasteiger charge is -2.20. The van der Waals surface area contributed by atoms with Crippen molar-refractivity contribution in [2.75, 3.05) is 27.3 Å². The van der Waals surface area contributed by atoms with E-state index in [1.54, 1.807) is 14.2 Å². The maximum absolute atomic E-state index is 11.6. The van der Waals surface area contributed by atoms with Gasteiger partial charge in [-0.1, -0.05) is 0 Å². The van der Waals surface area contributed by atoms with Gasteiger partial charge >= 0.3 is 0 Å². The highest BCUT2D eigenvalue weighted by molar-refractivity contribution is 5.81. The second-order valence-electron chi connectivity index (χ2n) is 3.41. The molecule has 0 heterocycles. The lowest BCUT2D eigenvalue weighted by Crippen LogP contribution is -2.42. The molecule has 0 bridgehead atoms. The number of nitrogens with two attached hydrogens (primary N) is 1. The molecule has 1 amide bonds. The molecule has 15 heavy (non-hydrogen) atoms. The summed E-state index contributed by atoms with van der Waals surface area (Å²) in [5.41, 5.74) is 5.70. The molecule has 5 nitrogen and oxygen atoms in total. The summed E-state index contributed by atoms with van der Waals surface area (Å²) in [5.74, 6) is -0.110. The van der Waals surface area contributed by atoms with Gasteiger partial charge in [0.1, 0.15) is 0 Å². The van der Waals surface area contributed by atoms with Crippen LogP contribution in [0.3, 0.4) is 0 Å². The van der Waals surface area contributed by atoms with Gasteiger partial charge in [-0.3, -0.25) is 4.79 Å². The number of carbonyl (C=O) groups is 1. The van der Waals surface area contributed by atoms with E-state index in [9.17, 15) is 4.79 Å². The third kappa shape index (κ3) is 6.05. The van der Waals surface area contributed by atoms with Crippen LogP contribution in [0.5, 0.6) is 0 Å². The Bertz CT molecular complexity index is 225. The molecular formula is C10H19N3O2. The van der Waals surface area contributed by atoms with Gasteiger partial charge in [-0.25, -0.2) is 0 Å². The zero-order valence-corrected chi connectivity index (χ0v) is 9.40. The Hall–Kier alpha value is -1.12. The van der Waals surface area contributed by atoms with Crippen molar-refractivity contribution in [2.45, 2.75) is 25.3 Å². The Morgan fingerprint density at radius 3 is 2.87 bits per heavy atom. The van der Waals surface area contributed by atoms with Crippen molar-refractivity contribution in [1.29, 1.82) is 5.26 Å². The number of ether oxygens (including phenoxy) is 1. The van der Waals surface area contributed by atoms with Crippen LogP contribution in [0.4, 0.5) is 0 Å². The summed E-state index contributed by atoms with van der Waals surface area (Å²) >= 11 is 0. The van der Waals surface area contributed by atoms with Crippen LogP contribution in [-0.2, 0) is 9.53 Å². The average molecular weight is 213 g/mol. The van der Waals surface area contributed by atoms with E-state index in [4.69, 9.17) is 15.7 Å². The molecule has 0 aliphatic heterocycles. The van der Waals surface area contributed by atoms with E-state index in [2.05, 4.69) is 0 Å². The standard InChI is InChI=1S/C10H19N3O2/c1-13(7-4-6-11)10(14)9(12)5-3-8-15-2/h9H,3-5,7-8,12H2,1-2H3. The summed E-state index contributed by atoms with van der Waals surface area (Å²) in [6.07, 6.45) is 1.73. The molecule has 86 valence electrons. The smallest absolute Gasteiger partial charge is 0.239 e. The Kier molecular flexibility index (Phi) is 7.60. The van der Waals surface area contributed by atoms with E-state index in [0.29, 0.717) is 26.0 Å². The van der Waals surface area contributed by atoms with Crippen LogP contribution >= 0.6 is 0 Å². The van der Waals surface area contributed by atoms with E-state index in [0.717, 1.165) is 6.42 Å². The van der Waals surface area contributed by atoms with Crippen molar-refractivity contribution in [2.24, 2.45) is 5.73 Å². The van der Waals surface area contributed by atoms with Gasteiger partial charge in [-0.2, -0.15) is 5.26 Å². The molecule has 1 unspecified atom stereocenters. The summed E-state index contributed by atoms with van der Waals surface area (Å²) in [5, 5.41) is 8.37. The van der Waals surface area contributed by atoms with Crippen molar-refractivity contribution >= 4 is 5.91 Å². The summed E-state index contributed by atoms with van der Waals surface area (Å²) in [7, 11) is 3.28. The summed E-state index contributed by atoms with van der Waals surface area (Å²) in [6.45, 7) is 1.05. The van der Waals surface area contributed by atoms with Crippen molar-refractivity contribution < 1.29 is 9.53 Å². The first-order chi connectivity index (χ1) is 7.13. The van der Waals surface area contributed by atoms with Crippen LogP contribution in [0, 0.1) is 11.3 Å². The third-order valence-electron chi connectivity index (χ3n) is 2.12. The van der Waals surface area contributed by atoms with Gasteiger partial charge in [0.05, 0.1) is 18.5 Å². The van der Waals surface area contributed by atoms with E-state index in [1.165, 1.54) is 4.90 Å². The largest absolute Gasteiger partial charge is 0.385 e. The van der Waals surface area contributed by atoms with Gasteiger partial charge in [0, 0.05) is 27.3 Å². The van der Waals surface area contributed by atoms with Crippen LogP contribution in [0.1, 0.15) is 19.3 Å². The van der Waals surface area contributed by atoms with Crippen LogP contribution in [-0.4, -0.2) is 44.2 Å². The number of carbonyl (C=O) groups excluding carboxylic acids is 1. The van der Waals surface area contributed by atoms with E-state index >= 15 is 0 Å². The molecular weight excluding hydrogens is 194 g/mol. The zero-order valence-electron chi connectivity index (χ0n) is 9.40. The van der Waals surface area contributed by atoms with Crippen LogP contribution in [0.15, 0.2) is 0 Å². The Labute approximate surface area is 90.8 Å². The molecule has 0 rings (SSSR count). The fourth-order valence-corrected chi connectivity index (χ4v) is 1.18. The van der Waals surface area contributed by atoms with Gasteiger partial charge in [0.25, 0.3) is 0 Å². The zero-order chi connectivity index (χ0) is 11.7. The number of rotatable bonds is 7. The fraction of sp³-hybridized carbons (Fsp3) is 0.800. The number of nitrogens with zero attached hydrogens (tertiary/aromatic N) is 2. The van der Waals surface area contributed by atoms with E-state index in [1.807, 2.05) is 6.07 Å². The minimum atomic E-state index is -0.483. The van der Waals surface area contributed by atoms with E-state index in [-0.39, 0.29) is 5.91 Å². The quantitative estimate of drug-likeness (QED) is 0.609. The van der Waals surface area contributed by atoms with Crippen molar-refractivity contribution in [3.05, 3.63) is 0 Å². The number of hydrogen-bond donors (Lipinski definition) is 1. The highest BCUT2D eigenvalue weighted by atomic mass is 16.5. The topological polar surface area (TPSA) is 79.3 Å². The number of hydrogen-bond acceptors (Lipinski definition) is 4. The number of methoxy groups -OCH3 is 1. The first-order valence-electron chi connectivity index (χ1n) is 5.00. The molecule has 0 aromatic rings. The van der Waals surface area contributed by atoms with Crippen molar-refractivity contribution in [3.8, 4) is 6.07 Å². The lowest BCUT2D eigenvalue weighted by molar-refractivity contribution is -0.131. The van der Waals surface area contributed by atoms with Crippen molar-refractivity contribution in [3.63, 3.8) is 0 Å². The lowest BCUT2D eigenvalue weighted by atomic mass is 10.1. The molecule has 0 fully saturated rings. The Balaban J connectivity index is 3.81. The molecule has 0 aliphatic carbocycles. The first kappa shape index (κ1) is 13.9. The third-order valence-corrected chi connectivity index (χ3v) is 2.12. The summed E-state index contributed by atoms with van der Waals surface area (Å²) in [6, 6.07) is 1.51. The minimum absolute atomic E-state index is 0.110. The molecule has 0 saturated heterocycles. The number of likely N-dealkylation sites (N-methyl/N-ethyl adjacent to an activating group) is 1. The maximum Gasteiger partial charge on any atom is 0.239 e. The first-order valence-corrected chi connectivity index (χ1v) is 5.00. The monoisotopic (exact) mass is 213 g/mol. The molecule has 1 atom stereocenters. The fourth-order valence-electron chi connectivity index (χ4n) is 1.18. The Morgan fingerprint density at radius 2 is 2.33 bits per heavy atom. The predicted molar refractivity (Wildman–Crippen MR) is 57.0 cm³/mol. The van der Waals surface area contributed by atoms with Crippen molar-refractivity contribution in [1.82, 2.24) is 4.90 Å². The normalized spacial score (nSPS) is 11.9. The van der Waals surface area contributed by atoms with E-state index < -0.39 is 6.04 Å². The molecule has 0 aromatic carbocycles. The second kappa shape index (κ2) is 8.21. The maximum atomic E-state index is 11.6. The molecule has 0 aliphatic rings. The van der Waals surface area contributed by atoms with Crippen LogP contribution in [0.2, 0.25) is 0 Å². The SMILES string of the molecule is COCCCC(N)C(=O)N(C)CCC#N.